The molecule has 3 aromatic rings. The van der Waals surface area contributed by atoms with Gasteiger partial charge < -0.3 is 5.73 Å². The van der Waals surface area contributed by atoms with Crippen LogP contribution in [0.4, 0.5) is 10.1 Å². The van der Waals surface area contributed by atoms with E-state index in [9.17, 15) is 4.39 Å². The van der Waals surface area contributed by atoms with Crippen molar-refractivity contribution in [1.29, 1.82) is 0 Å². The standard InChI is InChI=1S/C16H12FN/c17-16-8-7-14(18)10-15(16)13-6-5-11-3-1-2-4-12(11)9-13/h1-10H,18H2. The van der Waals surface area contributed by atoms with E-state index >= 15 is 0 Å². The number of fused-ring (bicyclic) bond motifs is 1. The number of anilines is 1. The molecule has 88 valence electrons. The van der Waals surface area contributed by atoms with Gasteiger partial charge in [-0.15, -0.1) is 0 Å². The predicted octanol–water partition coefficient (Wildman–Crippen LogP) is 4.23. The number of rotatable bonds is 1. The maximum absolute atomic E-state index is 13.8. The molecule has 0 unspecified atom stereocenters. The third-order valence-electron chi connectivity index (χ3n) is 3.05. The van der Waals surface area contributed by atoms with Crippen LogP contribution in [-0.2, 0) is 0 Å². The largest absolute Gasteiger partial charge is 0.399 e. The normalized spacial score (nSPS) is 10.7. The van der Waals surface area contributed by atoms with E-state index in [2.05, 4.69) is 0 Å². The summed E-state index contributed by atoms with van der Waals surface area (Å²) >= 11 is 0. The topological polar surface area (TPSA) is 26.0 Å². The summed E-state index contributed by atoms with van der Waals surface area (Å²) in [5, 5.41) is 2.24. The van der Waals surface area contributed by atoms with Gasteiger partial charge in [0.05, 0.1) is 0 Å². The molecule has 0 aliphatic carbocycles. The van der Waals surface area contributed by atoms with Crippen molar-refractivity contribution in [2.75, 3.05) is 5.73 Å². The van der Waals surface area contributed by atoms with Crippen molar-refractivity contribution in [3.8, 4) is 11.1 Å². The molecule has 0 amide bonds. The fourth-order valence-corrected chi connectivity index (χ4v) is 2.12. The Kier molecular flexibility index (Phi) is 2.49. The molecule has 3 rings (SSSR count). The van der Waals surface area contributed by atoms with Crippen molar-refractivity contribution >= 4 is 16.5 Å². The second-order valence-corrected chi connectivity index (χ2v) is 4.30. The third kappa shape index (κ3) is 1.82. The first-order chi connectivity index (χ1) is 8.74. The molecule has 0 radical (unpaired) electrons. The van der Waals surface area contributed by atoms with Crippen molar-refractivity contribution in [3.63, 3.8) is 0 Å². The summed E-state index contributed by atoms with van der Waals surface area (Å²) < 4.78 is 13.8. The molecule has 0 aliphatic heterocycles. The lowest BCUT2D eigenvalue weighted by Crippen LogP contribution is -1.89. The van der Waals surface area contributed by atoms with Crippen LogP contribution >= 0.6 is 0 Å². The molecule has 0 spiro atoms. The second-order valence-electron chi connectivity index (χ2n) is 4.30. The molecule has 0 aliphatic rings. The number of hydrogen-bond donors (Lipinski definition) is 1. The predicted molar refractivity (Wildman–Crippen MR) is 73.8 cm³/mol. The molecule has 3 aromatic carbocycles. The van der Waals surface area contributed by atoms with Crippen LogP contribution in [0.25, 0.3) is 21.9 Å². The number of nitrogens with two attached hydrogens (primary N) is 1. The van der Waals surface area contributed by atoms with Gasteiger partial charge >= 0.3 is 0 Å². The maximum Gasteiger partial charge on any atom is 0.131 e. The zero-order valence-corrected chi connectivity index (χ0v) is 9.73. The van der Waals surface area contributed by atoms with E-state index in [0.717, 1.165) is 16.3 Å². The molecular formula is C16H12FN. The van der Waals surface area contributed by atoms with Crippen LogP contribution in [0.1, 0.15) is 0 Å². The molecule has 0 atom stereocenters. The highest BCUT2D eigenvalue weighted by atomic mass is 19.1. The van der Waals surface area contributed by atoms with E-state index < -0.39 is 0 Å². The summed E-state index contributed by atoms with van der Waals surface area (Å²) in [6.45, 7) is 0. The van der Waals surface area contributed by atoms with Crippen LogP contribution < -0.4 is 5.73 Å². The van der Waals surface area contributed by atoms with Gasteiger partial charge in [0.15, 0.2) is 0 Å². The van der Waals surface area contributed by atoms with Gasteiger partial charge in [0.2, 0.25) is 0 Å². The lowest BCUT2D eigenvalue weighted by Gasteiger charge is -2.06. The number of benzene rings is 3. The molecule has 0 saturated heterocycles. The summed E-state index contributed by atoms with van der Waals surface area (Å²) in [6.07, 6.45) is 0. The van der Waals surface area contributed by atoms with Crippen LogP contribution in [0.3, 0.4) is 0 Å². The quantitative estimate of drug-likeness (QED) is 0.630. The maximum atomic E-state index is 13.8. The molecule has 0 saturated carbocycles. The van der Waals surface area contributed by atoms with Crippen molar-refractivity contribution in [2.45, 2.75) is 0 Å². The lowest BCUT2D eigenvalue weighted by molar-refractivity contribution is 0.631. The van der Waals surface area contributed by atoms with E-state index in [4.69, 9.17) is 5.73 Å². The Balaban J connectivity index is 2.22. The van der Waals surface area contributed by atoms with Crippen LogP contribution in [0, 0.1) is 5.82 Å². The van der Waals surface area contributed by atoms with Crippen molar-refractivity contribution in [2.24, 2.45) is 0 Å². The molecule has 0 bridgehead atoms. The van der Waals surface area contributed by atoms with Crippen LogP contribution in [-0.4, -0.2) is 0 Å². The molecule has 2 N–H and O–H groups in total. The SMILES string of the molecule is Nc1ccc(F)c(-c2ccc3ccccc3c2)c1. The Labute approximate surface area is 105 Å². The highest BCUT2D eigenvalue weighted by Gasteiger charge is 2.06. The minimum atomic E-state index is -0.250. The number of nitrogen functional groups attached to an aromatic ring is 1. The Hall–Kier alpha value is -2.35. The van der Waals surface area contributed by atoms with Crippen molar-refractivity contribution < 1.29 is 4.39 Å². The van der Waals surface area contributed by atoms with E-state index in [1.807, 2.05) is 42.5 Å². The molecular weight excluding hydrogens is 225 g/mol. The van der Waals surface area contributed by atoms with Gasteiger partial charge in [0, 0.05) is 11.3 Å². The van der Waals surface area contributed by atoms with E-state index in [0.29, 0.717) is 11.3 Å². The van der Waals surface area contributed by atoms with E-state index in [1.165, 1.54) is 6.07 Å². The van der Waals surface area contributed by atoms with Gasteiger partial charge in [-0.05, 0) is 40.6 Å². The minimum Gasteiger partial charge on any atom is -0.399 e. The average molecular weight is 237 g/mol. The van der Waals surface area contributed by atoms with Gasteiger partial charge in [0.1, 0.15) is 5.82 Å². The fourth-order valence-electron chi connectivity index (χ4n) is 2.12. The summed E-state index contributed by atoms with van der Waals surface area (Å²) in [5.74, 6) is -0.250. The highest BCUT2D eigenvalue weighted by Crippen LogP contribution is 2.28. The van der Waals surface area contributed by atoms with E-state index in [1.54, 1.807) is 12.1 Å². The number of hydrogen-bond acceptors (Lipinski definition) is 1. The first-order valence-corrected chi connectivity index (χ1v) is 5.78. The Morgan fingerprint density at radius 3 is 2.39 bits per heavy atom. The minimum absolute atomic E-state index is 0.250. The monoisotopic (exact) mass is 237 g/mol. The van der Waals surface area contributed by atoms with Gasteiger partial charge in [-0.1, -0.05) is 36.4 Å². The average Bonchev–Trinajstić information content (AvgIpc) is 2.41. The van der Waals surface area contributed by atoms with Crippen molar-refractivity contribution in [1.82, 2.24) is 0 Å². The number of halogens is 1. The lowest BCUT2D eigenvalue weighted by atomic mass is 10.0. The zero-order chi connectivity index (χ0) is 12.5. The second kappa shape index (κ2) is 4.15. The van der Waals surface area contributed by atoms with Gasteiger partial charge in [-0.2, -0.15) is 0 Å². The molecule has 18 heavy (non-hydrogen) atoms. The third-order valence-corrected chi connectivity index (χ3v) is 3.05. The first-order valence-electron chi connectivity index (χ1n) is 5.78. The summed E-state index contributed by atoms with van der Waals surface area (Å²) in [6, 6.07) is 18.5. The highest BCUT2D eigenvalue weighted by molar-refractivity contribution is 5.87. The zero-order valence-electron chi connectivity index (χ0n) is 9.73. The van der Waals surface area contributed by atoms with Crippen LogP contribution in [0.15, 0.2) is 60.7 Å². The molecule has 2 heteroatoms. The summed E-state index contributed by atoms with van der Waals surface area (Å²) in [7, 11) is 0. The molecule has 0 heterocycles. The first kappa shape index (κ1) is 10.8. The smallest absolute Gasteiger partial charge is 0.131 e. The van der Waals surface area contributed by atoms with Crippen LogP contribution in [0.5, 0.6) is 0 Å². The van der Waals surface area contributed by atoms with Gasteiger partial charge in [0.25, 0.3) is 0 Å². The van der Waals surface area contributed by atoms with Crippen molar-refractivity contribution in [3.05, 3.63) is 66.5 Å². The summed E-state index contributed by atoms with van der Waals surface area (Å²) in [4.78, 5) is 0. The fraction of sp³-hybridized carbons (Fsp3) is 0. The van der Waals surface area contributed by atoms with Crippen LogP contribution in [0.2, 0.25) is 0 Å². The Bertz CT molecular complexity index is 719. The van der Waals surface area contributed by atoms with E-state index in [-0.39, 0.29) is 5.82 Å². The Morgan fingerprint density at radius 2 is 1.56 bits per heavy atom. The summed E-state index contributed by atoms with van der Waals surface area (Å²) in [5.41, 5.74) is 7.67. The molecule has 0 aromatic heterocycles. The van der Waals surface area contributed by atoms with Gasteiger partial charge in [-0.3, -0.25) is 0 Å². The van der Waals surface area contributed by atoms with Gasteiger partial charge in [-0.25, -0.2) is 4.39 Å². The molecule has 0 fully saturated rings. The Morgan fingerprint density at radius 1 is 0.778 bits per heavy atom. The molecule has 1 nitrogen and oxygen atoms in total.